The number of hydrogen-bond donors (Lipinski definition) is 1. The zero-order valence-corrected chi connectivity index (χ0v) is 9.17. The Labute approximate surface area is 87.4 Å². The van der Waals surface area contributed by atoms with Crippen molar-refractivity contribution in [2.45, 2.75) is 18.2 Å². The third-order valence-electron chi connectivity index (χ3n) is 2.06. The summed E-state index contributed by atoms with van der Waals surface area (Å²) in [6.07, 6.45) is 0.721. The van der Waals surface area contributed by atoms with Gasteiger partial charge in [0.25, 0.3) is 0 Å². The lowest BCUT2D eigenvalue weighted by Crippen LogP contribution is -2.09. The number of hydrogen-bond acceptors (Lipinski definition) is 2. The van der Waals surface area contributed by atoms with E-state index >= 15 is 0 Å². The van der Waals surface area contributed by atoms with Gasteiger partial charge in [0.1, 0.15) is 0 Å². The van der Waals surface area contributed by atoms with Crippen molar-refractivity contribution >= 4 is 10.8 Å². The average Bonchev–Trinajstić information content (AvgIpc) is 2.19. The fraction of sp³-hybridized carbons (Fsp3) is 0.455. The molecule has 2 unspecified atom stereocenters. The van der Waals surface area contributed by atoms with Crippen molar-refractivity contribution in [2.24, 2.45) is 5.92 Å². The quantitative estimate of drug-likeness (QED) is 0.808. The summed E-state index contributed by atoms with van der Waals surface area (Å²) in [5.41, 5.74) is 0. The lowest BCUT2D eigenvalue weighted by atomic mass is 10.1. The fourth-order valence-electron chi connectivity index (χ4n) is 1.23. The maximum absolute atomic E-state index is 11.8. The zero-order chi connectivity index (χ0) is 10.4. The van der Waals surface area contributed by atoms with Crippen LogP contribution in [0.2, 0.25) is 0 Å². The van der Waals surface area contributed by atoms with Gasteiger partial charge in [-0.3, -0.25) is 4.21 Å². The molecule has 0 aliphatic heterocycles. The topological polar surface area (TPSA) is 37.3 Å². The highest BCUT2D eigenvalue weighted by atomic mass is 32.2. The Kier molecular flexibility index (Phi) is 4.84. The van der Waals surface area contributed by atoms with Gasteiger partial charge < -0.3 is 5.11 Å². The van der Waals surface area contributed by atoms with E-state index < -0.39 is 10.8 Å². The smallest absolute Gasteiger partial charge is 0.0532 e. The molecule has 2 nitrogen and oxygen atoms in total. The molecule has 0 radical (unpaired) electrons. The Morgan fingerprint density at radius 2 is 2.00 bits per heavy atom. The normalized spacial score (nSPS) is 15.0. The lowest BCUT2D eigenvalue weighted by molar-refractivity contribution is 0.268. The van der Waals surface area contributed by atoms with Gasteiger partial charge in [0.2, 0.25) is 0 Å². The van der Waals surface area contributed by atoms with Crippen LogP contribution in [0.25, 0.3) is 0 Å². The third kappa shape index (κ3) is 3.60. The minimum Gasteiger partial charge on any atom is -0.396 e. The minimum atomic E-state index is -0.926. The van der Waals surface area contributed by atoms with Crippen LogP contribution in [0.3, 0.4) is 0 Å². The van der Waals surface area contributed by atoms with Gasteiger partial charge in [-0.05, 0) is 24.5 Å². The number of aliphatic hydroxyl groups is 1. The first-order valence-electron chi connectivity index (χ1n) is 4.78. The van der Waals surface area contributed by atoms with Gasteiger partial charge in [0.05, 0.1) is 10.8 Å². The van der Waals surface area contributed by atoms with E-state index in [1.54, 1.807) is 0 Å². The van der Waals surface area contributed by atoms with E-state index in [0.717, 1.165) is 11.3 Å². The molecular formula is C11H16O2S. The van der Waals surface area contributed by atoms with Gasteiger partial charge in [-0.25, -0.2) is 0 Å². The molecule has 0 aliphatic rings. The van der Waals surface area contributed by atoms with Gasteiger partial charge >= 0.3 is 0 Å². The van der Waals surface area contributed by atoms with Gasteiger partial charge in [0, 0.05) is 17.3 Å². The van der Waals surface area contributed by atoms with Crippen LogP contribution >= 0.6 is 0 Å². The predicted octanol–water partition coefficient (Wildman–Crippen LogP) is 1.81. The van der Waals surface area contributed by atoms with Gasteiger partial charge in [-0.15, -0.1) is 0 Å². The van der Waals surface area contributed by atoms with Crippen molar-refractivity contribution in [3.8, 4) is 0 Å². The summed E-state index contributed by atoms with van der Waals surface area (Å²) in [6.45, 7) is 2.18. The molecule has 1 rings (SSSR count). The Bertz CT molecular complexity index is 285. The zero-order valence-electron chi connectivity index (χ0n) is 8.35. The van der Waals surface area contributed by atoms with Gasteiger partial charge in [-0.2, -0.15) is 0 Å². The van der Waals surface area contributed by atoms with E-state index in [2.05, 4.69) is 0 Å². The summed E-state index contributed by atoms with van der Waals surface area (Å²) in [5, 5.41) is 8.72. The first-order chi connectivity index (χ1) is 6.74. The van der Waals surface area contributed by atoms with E-state index in [1.165, 1.54) is 0 Å². The summed E-state index contributed by atoms with van der Waals surface area (Å²) >= 11 is 0. The molecule has 0 amide bonds. The molecular weight excluding hydrogens is 196 g/mol. The molecule has 0 aromatic heterocycles. The number of rotatable bonds is 5. The van der Waals surface area contributed by atoms with E-state index in [0.29, 0.717) is 11.7 Å². The van der Waals surface area contributed by atoms with Crippen molar-refractivity contribution < 1.29 is 9.32 Å². The first kappa shape index (κ1) is 11.4. The highest BCUT2D eigenvalue weighted by Crippen LogP contribution is 2.11. The first-order valence-corrected chi connectivity index (χ1v) is 6.10. The summed E-state index contributed by atoms with van der Waals surface area (Å²) in [7, 11) is -0.926. The van der Waals surface area contributed by atoms with Crippen LogP contribution < -0.4 is 0 Å². The highest BCUT2D eigenvalue weighted by Gasteiger charge is 2.08. The summed E-state index contributed by atoms with van der Waals surface area (Å²) < 4.78 is 11.8. The van der Waals surface area contributed by atoms with Crippen molar-refractivity contribution in [1.29, 1.82) is 0 Å². The Morgan fingerprint density at radius 3 is 2.57 bits per heavy atom. The van der Waals surface area contributed by atoms with E-state index in [1.807, 2.05) is 37.3 Å². The molecule has 0 saturated heterocycles. The number of aliphatic hydroxyl groups excluding tert-OH is 1. The van der Waals surface area contributed by atoms with Crippen molar-refractivity contribution in [3.63, 3.8) is 0 Å². The Balaban J connectivity index is 2.51. The van der Waals surface area contributed by atoms with Crippen LogP contribution in [0.15, 0.2) is 35.2 Å². The molecule has 0 saturated carbocycles. The van der Waals surface area contributed by atoms with Crippen LogP contribution in [-0.2, 0) is 10.8 Å². The Morgan fingerprint density at radius 1 is 1.36 bits per heavy atom. The largest absolute Gasteiger partial charge is 0.396 e. The highest BCUT2D eigenvalue weighted by molar-refractivity contribution is 7.85. The van der Waals surface area contributed by atoms with Crippen LogP contribution in [0.5, 0.6) is 0 Å². The minimum absolute atomic E-state index is 0.174. The van der Waals surface area contributed by atoms with Crippen LogP contribution in [0, 0.1) is 5.92 Å². The molecule has 0 heterocycles. The number of benzene rings is 1. The second kappa shape index (κ2) is 5.94. The van der Waals surface area contributed by atoms with Crippen LogP contribution in [0.4, 0.5) is 0 Å². The van der Waals surface area contributed by atoms with Crippen molar-refractivity contribution in [1.82, 2.24) is 0 Å². The maximum Gasteiger partial charge on any atom is 0.0532 e. The van der Waals surface area contributed by atoms with E-state index in [-0.39, 0.29) is 6.61 Å². The molecule has 1 aromatic rings. The molecule has 78 valence electrons. The third-order valence-corrected chi connectivity index (χ3v) is 3.73. The molecule has 0 spiro atoms. The molecule has 0 bridgehead atoms. The van der Waals surface area contributed by atoms with E-state index in [9.17, 15) is 4.21 Å². The molecule has 14 heavy (non-hydrogen) atoms. The van der Waals surface area contributed by atoms with Gasteiger partial charge in [-0.1, -0.05) is 25.1 Å². The maximum atomic E-state index is 11.8. The van der Waals surface area contributed by atoms with E-state index in [4.69, 9.17) is 5.11 Å². The SMILES string of the molecule is CC(CCO)CS(=O)c1ccccc1. The molecule has 0 aliphatic carbocycles. The molecule has 2 atom stereocenters. The lowest BCUT2D eigenvalue weighted by Gasteiger charge is -2.08. The van der Waals surface area contributed by atoms with Crippen LogP contribution in [0.1, 0.15) is 13.3 Å². The van der Waals surface area contributed by atoms with Crippen LogP contribution in [-0.4, -0.2) is 21.7 Å². The molecule has 3 heteroatoms. The average molecular weight is 212 g/mol. The van der Waals surface area contributed by atoms with Gasteiger partial charge in [0.15, 0.2) is 0 Å². The summed E-state index contributed by atoms with van der Waals surface area (Å²) in [4.78, 5) is 0.872. The second-order valence-corrected chi connectivity index (χ2v) is 4.94. The van der Waals surface area contributed by atoms with Crippen molar-refractivity contribution in [3.05, 3.63) is 30.3 Å². The standard InChI is InChI=1S/C11H16O2S/c1-10(7-8-12)9-14(13)11-5-3-2-4-6-11/h2-6,10,12H,7-9H2,1H3. The summed E-state index contributed by atoms with van der Waals surface area (Å²) in [5.74, 6) is 0.936. The Hall–Kier alpha value is -0.670. The fourth-order valence-corrected chi connectivity index (χ4v) is 2.57. The predicted molar refractivity (Wildman–Crippen MR) is 58.6 cm³/mol. The van der Waals surface area contributed by atoms with Crippen molar-refractivity contribution in [2.75, 3.05) is 12.4 Å². The molecule has 0 fully saturated rings. The molecule has 1 N–H and O–H groups in total. The second-order valence-electron chi connectivity index (χ2n) is 3.44. The summed E-state index contributed by atoms with van der Waals surface area (Å²) in [6, 6.07) is 9.45. The molecule has 1 aromatic carbocycles. The monoisotopic (exact) mass is 212 g/mol.